The highest BCUT2D eigenvalue weighted by Crippen LogP contribution is 2.23. The lowest BCUT2D eigenvalue weighted by atomic mass is 10.2. The first-order valence-electron chi connectivity index (χ1n) is 6.70. The van der Waals surface area contributed by atoms with Gasteiger partial charge in [0.2, 0.25) is 0 Å². The van der Waals surface area contributed by atoms with Gasteiger partial charge in [0.25, 0.3) is 5.56 Å². The second-order valence-corrected chi connectivity index (χ2v) is 5.68. The smallest absolute Gasteiger partial charge is 0.321 e. The Balaban J connectivity index is 2.38. The minimum Gasteiger partial charge on any atom is -0.321 e. The zero-order valence-electron chi connectivity index (χ0n) is 12.1. The van der Waals surface area contributed by atoms with Gasteiger partial charge in [-0.25, -0.2) is 9.78 Å². The first kappa shape index (κ1) is 14.7. The molecule has 1 aromatic rings. The minimum atomic E-state index is -0.675. The lowest BCUT2D eigenvalue weighted by Gasteiger charge is -2.18. The van der Waals surface area contributed by atoms with Gasteiger partial charge in [-0.2, -0.15) is 4.98 Å². The number of rotatable bonds is 3. The lowest BCUT2D eigenvalue weighted by Crippen LogP contribution is -2.30. The maximum absolute atomic E-state index is 12.0. The Morgan fingerprint density at radius 3 is 2.77 bits per heavy atom. The summed E-state index contributed by atoms with van der Waals surface area (Å²) in [4.78, 5) is 35.9. The van der Waals surface area contributed by atoms with E-state index in [9.17, 15) is 9.59 Å². The molecule has 0 atom stereocenters. The molecule has 114 valence electrons. The Labute approximate surface area is 130 Å². The number of halogens is 1. The molecule has 0 saturated heterocycles. The molecule has 22 heavy (non-hydrogen) atoms. The molecule has 1 N–H and O–H groups in total. The van der Waals surface area contributed by atoms with E-state index in [-0.39, 0.29) is 11.5 Å². The van der Waals surface area contributed by atoms with Gasteiger partial charge in [0.15, 0.2) is 11.5 Å². The second kappa shape index (κ2) is 5.51. The fourth-order valence-electron chi connectivity index (χ4n) is 2.30. The van der Waals surface area contributed by atoms with Crippen molar-refractivity contribution < 1.29 is 0 Å². The maximum Gasteiger partial charge on any atom is 0.349 e. The molecule has 0 spiro atoms. The summed E-state index contributed by atoms with van der Waals surface area (Å²) in [5.74, 6) is 0.283. The highest BCUT2D eigenvalue weighted by atomic mass is 35.5. The molecule has 2 aliphatic heterocycles. The number of nitrogens with zero attached hydrogens (tertiary/aromatic N) is 4. The van der Waals surface area contributed by atoms with Crippen molar-refractivity contribution in [2.24, 2.45) is 0 Å². The van der Waals surface area contributed by atoms with Crippen LogP contribution < -0.4 is 11.2 Å². The average molecular weight is 320 g/mol. The van der Waals surface area contributed by atoms with E-state index >= 15 is 0 Å². The van der Waals surface area contributed by atoms with Crippen molar-refractivity contribution in [3.63, 3.8) is 0 Å². The fraction of sp³-hybridized carbons (Fsp3) is 0.286. The fourth-order valence-corrected chi connectivity index (χ4v) is 2.47. The predicted molar refractivity (Wildman–Crippen MR) is 84.6 cm³/mol. The van der Waals surface area contributed by atoms with E-state index in [0.717, 1.165) is 12.1 Å². The van der Waals surface area contributed by atoms with Crippen molar-refractivity contribution >= 4 is 22.6 Å². The minimum absolute atomic E-state index is 0.133. The number of hydrogen-bond donors (Lipinski definition) is 1. The van der Waals surface area contributed by atoms with Gasteiger partial charge < -0.3 is 9.47 Å². The number of hydrogen-bond acceptors (Lipinski definition) is 5. The Hall–Kier alpha value is -2.25. The van der Waals surface area contributed by atoms with Crippen molar-refractivity contribution in [3.05, 3.63) is 44.1 Å². The Morgan fingerprint density at radius 1 is 1.27 bits per heavy atom. The van der Waals surface area contributed by atoms with Crippen LogP contribution in [0.1, 0.15) is 0 Å². The summed E-state index contributed by atoms with van der Waals surface area (Å²) in [7, 11) is 3.89. The highest BCUT2D eigenvalue weighted by molar-refractivity contribution is 6.31. The molecule has 0 bridgehead atoms. The van der Waals surface area contributed by atoms with Gasteiger partial charge >= 0.3 is 5.69 Å². The van der Waals surface area contributed by atoms with E-state index in [1.165, 1.54) is 0 Å². The van der Waals surface area contributed by atoms with Gasteiger partial charge in [-0.15, -0.1) is 0 Å². The van der Waals surface area contributed by atoms with Crippen molar-refractivity contribution in [1.82, 2.24) is 24.4 Å². The quantitative estimate of drug-likeness (QED) is 0.722. The number of fused-ring (bicyclic) bond motifs is 2. The van der Waals surface area contributed by atoms with Crippen LogP contribution in [0, 0.1) is 0 Å². The summed E-state index contributed by atoms with van der Waals surface area (Å²) < 4.78 is 1.82. The van der Waals surface area contributed by atoms with Crippen LogP contribution in [0.3, 0.4) is 0 Å². The molecule has 0 amide bonds. The summed E-state index contributed by atoms with van der Waals surface area (Å²) in [5.41, 5.74) is 0.274. The number of likely N-dealkylation sites (N-methyl/N-ethyl adjacent to an activating group) is 1. The molecule has 0 saturated carbocycles. The first-order chi connectivity index (χ1) is 10.5. The normalized spacial score (nSPS) is 11.6. The number of benzene rings is 1. The van der Waals surface area contributed by atoms with E-state index in [1.54, 1.807) is 12.1 Å². The molecular weight excluding hydrogens is 306 g/mol. The molecule has 3 rings (SSSR count). The number of aromatic nitrogens is 4. The van der Waals surface area contributed by atoms with Crippen molar-refractivity contribution in [3.8, 4) is 11.5 Å². The molecule has 8 heteroatoms. The summed E-state index contributed by atoms with van der Waals surface area (Å²) in [6.45, 7) is 1.30. The van der Waals surface area contributed by atoms with E-state index in [4.69, 9.17) is 11.6 Å². The van der Waals surface area contributed by atoms with E-state index < -0.39 is 11.2 Å². The molecular formula is C14H14ClN5O2. The van der Waals surface area contributed by atoms with E-state index in [0.29, 0.717) is 17.1 Å². The van der Waals surface area contributed by atoms with Crippen molar-refractivity contribution in [1.29, 1.82) is 0 Å². The molecule has 0 aromatic heterocycles. The van der Waals surface area contributed by atoms with Crippen LogP contribution in [0.2, 0.25) is 5.02 Å². The third-order valence-electron chi connectivity index (χ3n) is 3.34. The maximum atomic E-state index is 12.0. The number of nitrogens with one attached hydrogen (secondary N) is 1. The zero-order chi connectivity index (χ0) is 15.9. The van der Waals surface area contributed by atoms with Gasteiger partial charge in [-0.3, -0.25) is 9.78 Å². The summed E-state index contributed by atoms with van der Waals surface area (Å²) in [6, 6.07) is 5.25. The lowest BCUT2D eigenvalue weighted by molar-refractivity contribution is 0.386. The first-order valence-corrected chi connectivity index (χ1v) is 7.08. The van der Waals surface area contributed by atoms with Gasteiger partial charge in [-0.05, 0) is 32.3 Å². The molecule has 0 aliphatic carbocycles. The van der Waals surface area contributed by atoms with Crippen molar-refractivity contribution in [2.45, 2.75) is 6.54 Å². The van der Waals surface area contributed by atoms with Gasteiger partial charge in [0.1, 0.15) is 0 Å². The Kier molecular flexibility index (Phi) is 3.67. The number of H-pyrrole nitrogens is 1. The third-order valence-corrected chi connectivity index (χ3v) is 3.58. The van der Waals surface area contributed by atoms with Crippen molar-refractivity contribution in [2.75, 3.05) is 20.6 Å². The average Bonchev–Trinajstić information content (AvgIpc) is 2.44. The largest absolute Gasteiger partial charge is 0.349 e. The standard InChI is InChI=1S/C14H14ClN5O2/c1-19(2)5-6-20-10-4-3-8(15)7-9(10)16-11-12(20)17-14(22)18-13(11)21/h3-4,7H,5-6H2,1-2H3,(H,18,21,22). The Bertz CT molecular complexity index is 931. The topological polar surface area (TPSA) is 83.9 Å². The highest BCUT2D eigenvalue weighted by Gasteiger charge is 2.18. The Morgan fingerprint density at radius 2 is 2.05 bits per heavy atom. The van der Waals surface area contributed by atoms with Crippen LogP contribution in [0.4, 0.5) is 0 Å². The van der Waals surface area contributed by atoms with E-state index in [1.807, 2.05) is 29.6 Å². The zero-order valence-corrected chi connectivity index (χ0v) is 12.9. The van der Waals surface area contributed by atoms with Crippen LogP contribution in [0.15, 0.2) is 27.8 Å². The molecule has 0 radical (unpaired) electrons. The van der Waals surface area contributed by atoms with E-state index in [2.05, 4.69) is 15.0 Å². The molecule has 2 heterocycles. The second-order valence-electron chi connectivity index (χ2n) is 5.24. The molecule has 2 aliphatic rings. The predicted octanol–water partition coefficient (Wildman–Crippen LogP) is 0.800. The SMILES string of the molecule is CN(C)CCn1c2nc(=O)[nH]c(=O)c-2nc2cc(Cl)ccc21. The molecule has 1 aromatic carbocycles. The van der Waals surface area contributed by atoms with Gasteiger partial charge in [-0.1, -0.05) is 11.6 Å². The summed E-state index contributed by atoms with van der Waals surface area (Å²) in [5, 5.41) is 0.531. The molecule has 0 fully saturated rings. The van der Waals surface area contributed by atoms with Crippen LogP contribution in [0.25, 0.3) is 22.6 Å². The number of aromatic amines is 1. The molecule has 7 nitrogen and oxygen atoms in total. The monoisotopic (exact) mass is 319 g/mol. The van der Waals surface area contributed by atoms with Crippen LogP contribution in [0.5, 0.6) is 0 Å². The summed E-state index contributed by atoms with van der Waals surface area (Å²) >= 11 is 6.01. The molecule has 0 unspecified atom stereocenters. The van der Waals surface area contributed by atoms with Crippen LogP contribution in [-0.4, -0.2) is 45.1 Å². The van der Waals surface area contributed by atoms with Crippen LogP contribution in [-0.2, 0) is 6.54 Å². The summed E-state index contributed by atoms with van der Waals surface area (Å²) in [6.07, 6.45) is 0. The van der Waals surface area contributed by atoms with Gasteiger partial charge in [0, 0.05) is 18.1 Å². The van der Waals surface area contributed by atoms with Gasteiger partial charge in [0.05, 0.1) is 11.0 Å². The van der Waals surface area contributed by atoms with Crippen LogP contribution >= 0.6 is 11.6 Å². The third kappa shape index (κ3) is 2.60.